The van der Waals surface area contributed by atoms with E-state index < -0.39 is 0 Å². The van der Waals surface area contributed by atoms with Crippen LogP contribution in [0.1, 0.15) is 55.4 Å². The van der Waals surface area contributed by atoms with Crippen molar-refractivity contribution < 1.29 is 0 Å². The zero-order chi connectivity index (χ0) is 17.1. The van der Waals surface area contributed by atoms with E-state index in [1.165, 1.54) is 50.9 Å². The first kappa shape index (κ1) is 16.7. The van der Waals surface area contributed by atoms with Crippen LogP contribution in [0.5, 0.6) is 0 Å². The summed E-state index contributed by atoms with van der Waals surface area (Å²) in [7, 11) is 2.14. The molecule has 2 aliphatic heterocycles. The molecule has 0 radical (unpaired) electrons. The van der Waals surface area contributed by atoms with E-state index in [1.807, 2.05) is 6.20 Å². The Labute approximate surface area is 149 Å². The molecule has 7 nitrogen and oxygen atoms in total. The summed E-state index contributed by atoms with van der Waals surface area (Å²) in [5, 5.41) is 9.10. The molecular formula is C18H29N7. The summed E-state index contributed by atoms with van der Waals surface area (Å²) in [6, 6.07) is 0. The van der Waals surface area contributed by atoms with Gasteiger partial charge >= 0.3 is 0 Å². The van der Waals surface area contributed by atoms with Crippen LogP contribution in [0.25, 0.3) is 0 Å². The summed E-state index contributed by atoms with van der Waals surface area (Å²) in [5.74, 6) is 2.74. The highest BCUT2D eigenvalue weighted by Gasteiger charge is 2.26. The molecule has 2 aromatic heterocycles. The van der Waals surface area contributed by atoms with Gasteiger partial charge in [0.1, 0.15) is 11.6 Å². The number of hydrogen-bond acceptors (Lipinski definition) is 5. The largest absolute Gasteiger partial charge is 0.347 e. The van der Waals surface area contributed by atoms with Crippen molar-refractivity contribution in [2.24, 2.45) is 7.05 Å². The van der Waals surface area contributed by atoms with Crippen molar-refractivity contribution in [3.8, 4) is 0 Å². The Balaban J connectivity index is 1.40. The van der Waals surface area contributed by atoms with E-state index in [-0.39, 0.29) is 0 Å². The van der Waals surface area contributed by atoms with E-state index in [1.54, 1.807) is 6.33 Å². The van der Waals surface area contributed by atoms with Gasteiger partial charge < -0.3 is 9.55 Å². The predicted octanol–water partition coefficient (Wildman–Crippen LogP) is 1.90. The third kappa shape index (κ3) is 3.93. The molecule has 0 amide bonds. The molecule has 0 aliphatic carbocycles. The molecule has 136 valence electrons. The normalized spacial score (nSPS) is 23.2. The van der Waals surface area contributed by atoms with E-state index >= 15 is 0 Å². The SMILES string of the molecule is Cn1c(CN2CCCCC2)nnc1[C@H]1CCCN(Cc2cnc[nH]2)C1. The first-order valence-corrected chi connectivity index (χ1v) is 9.60. The van der Waals surface area contributed by atoms with E-state index in [4.69, 9.17) is 0 Å². The number of rotatable bonds is 5. The summed E-state index contributed by atoms with van der Waals surface area (Å²) < 4.78 is 2.25. The Morgan fingerprint density at radius 2 is 1.88 bits per heavy atom. The van der Waals surface area contributed by atoms with Gasteiger partial charge in [0.2, 0.25) is 0 Å². The minimum atomic E-state index is 0.476. The van der Waals surface area contributed by atoms with Crippen LogP contribution < -0.4 is 0 Å². The summed E-state index contributed by atoms with van der Waals surface area (Å²) in [6.07, 6.45) is 10.1. The van der Waals surface area contributed by atoms with Crippen molar-refractivity contribution in [2.45, 2.75) is 51.1 Å². The Morgan fingerprint density at radius 3 is 2.68 bits per heavy atom. The average molecular weight is 343 g/mol. The summed E-state index contributed by atoms with van der Waals surface area (Å²) in [4.78, 5) is 12.4. The van der Waals surface area contributed by atoms with Crippen molar-refractivity contribution in [1.29, 1.82) is 0 Å². The highest BCUT2D eigenvalue weighted by molar-refractivity contribution is 5.05. The molecule has 1 atom stereocenters. The number of nitrogens with zero attached hydrogens (tertiary/aromatic N) is 6. The lowest BCUT2D eigenvalue weighted by atomic mass is 9.97. The first-order valence-electron chi connectivity index (χ1n) is 9.60. The number of H-pyrrole nitrogens is 1. The topological polar surface area (TPSA) is 65.9 Å². The van der Waals surface area contributed by atoms with E-state index in [0.717, 1.165) is 37.8 Å². The smallest absolute Gasteiger partial charge is 0.146 e. The maximum absolute atomic E-state index is 4.58. The molecule has 0 bridgehead atoms. The number of hydrogen-bond donors (Lipinski definition) is 1. The Morgan fingerprint density at radius 1 is 1.04 bits per heavy atom. The molecule has 4 rings (SSSR count). The maximum atomic E-state index is 4.58. The van der Waals surface area contributed by atoms with E-state index in [9.17, 15) is 0 Å². The zero-order valence-electron chi connectivity index (χ0n) is 15.2. The summed E-state index contributed by atoms with van der Waals surface area (Å²) in [5.41, 5.74) is 1.18. The Hall–Kier alpha value is -1.73. The molecule has 0 spiro atoms. The molecule has 25 heavy (non-hydrogen) atoms. The second-order valence-electron chi connectivity index (χ2n) is 7.52. The van der Waals surface area contributed by atoms with Gasteiger partial charge in [0.25, 0.3) is 0 Å². The predicted molar refractivity (Wildman–Crippen MR) is 96.0 cm³/mol. The highest BCUT2D eigenvalue weighted by Crippen LogP contribution is 2.27. The quantitative estimate of drug-likeness (QED) is 0.898. The number of aromatic nitrogens is 5. The number of aromatic amines is 1. The van der Waals surface area contributed by atoms with Gasteiger partial charge in [-0.2, -0.15) is 0 Å². The van der Waals surface area contributed by atoms with E-state index in [0.29, 0.717) is 5.92 Å². The van der Waals surface area contributed by atoms with Crippen LogP contribution in [0.2, 0.25) is 0 Å². The third-order valence-corrected chi connectivity index (χ3v) is 5.63. The highest BCUT2D eigenvalue weighted by atomic mass is 15.3. The van der Waals surface area contributed by atoms with E-state index in [2.05, 4.69) is 41.6 Å². The van der Waals surface area contributed by atoms with Crippen LogP contribution in [0.4, 0.5) is 0 Å². The van der Waals surface area contributed by atoms with Crippen molar-refractivity contribution in [1.82, 2.24) is 34.5 Å². The standard InChI is InChI=1S/C18H29N7/c1-23-17(13-24-7-3-2-4-8-24)21-22-18(23)15-6-5-9-25(11-15)12-16-10-19-14-20-16/h10,14-15H,2-9,11-13H2,1H3,(H,19,20)/t15-/m0/s1. The fourth-order valence-electron chi connectivity index (χ4n) is 4.21. The second-order valence-corrected chi connectivity index (χ2v) is 7.52. The molecule has 7 heteroatoms. The van der Waals surface area contributed by atoms with Gasteiger partial charge in [0, 0.05) is 37.9 Å². The molecule has 4 heterocycles. The number of nitrogens with one attached hydrogen (secondary N) is 1. The van der Waals surface area contributed by atoms with Gasteiger partial charge in [-0.05, 0) is 45.3 Å². The lowest BCUT2D eigenvalue weighted by molar-refractivity contribution is 0.192. The summed E-state index contributed by atoms with van der Waals surface area (Å²) >= 11 is 0. The van der Waals surface area contributed by atoms with Crippen molar-refractivity contribution in [2.75, 3.05) is 26.2 Å². The molecule has 2 fully saturated rings. The van der Waals surface area contributed by atoms with Gasteiger partial charge in [-0.1, -0.05) is 6.42 Å². The minimum Gasteiger partial charge on any atom is -0.347 e. The molecule has 2 saturated heterocycles. The Kier molecular flexibility index (Phi) is 5.12. The number of likely N-dealkylation sites (tertiary alicyclic amines) is 2. The molecule has 0 aromatic carbocycles. The van der Waals surface area contributed by atoms with Gasteiger partial charge in [-0.25, -0.2) is 4.98 Å². The molecule has 0 saturated carbocycles. The maximum Gasteiger partial charge on any atom is 0.146 e. The van der Waals surface area contributed by atoms with Crippen LogP contribution in [0, 0.1) is 0 Å². The lowest BCUT2D eigenvalue weighted by Gasteiger charge is -2.32. The fourth-order valence-corrected chi connectivity index (χ4v) is 4.21. The Bertz CT molecular complexity index is 657. The van der Waals surface area contributed by atoms with Crippen LogP contribution in [0.3, 0.4) is 0 Å². The fraction of sp³-hybridized carbons (Fsp3) is 0.722. The minimum absolute atomic E-state index is 0.476. The van der Waals surface area contributed by atoms with Gasteiger partial charge in [-0.3, -0.25) is 9.80 Å². The molecule has 0 unspecified atom stereocenters. The molecule has 1 N–H and O–H groups in total. The van der Waals surface area contributed by atoms with Crippen LogP contribution in [-0.4, -0.2) is 60.7 Å². The summed E-state index contributed by atoms with van der Waals surface area (Å²) in [6.45, 7) is 6.47. The van der Waals surface area contributed by atoms with Crippen LogP contribution in [0.15, 0.2) is 12.5 Å². The first-order chi connectivity index (χ1) is 12.3. The molecular weight excluding hydrogens is 314 g/mol. The van der Waals surface area contributed by atoms with Crippen LogP contribution >= 0.6 is 0 Å². The van der Waals surface area contributed by atoms with Gasteiger partial charge in [0.05, 0.1) is 12.9 Å². The number of imidazole rings is 1. The van der Waals surface area contributed by atoms with Crippen LogP contribution in [-0.2, 0) is 20.1 Å². The lowest BCUT2D eigenvalue weighted by Crippen LogP contribution is -2.35. The van der Waals surface area contributed by atoms with Crippen molar-refractivity contribution in [3.63, 3.8) is 0 Å². The van der Waals surface area contributed by atoms with Crippen molar-refractivity contribution in [3.05, 3.63) is 29.9 Å². The number of piperidine rings is 2. The zero-order valence-corrected chi connectivity index (χ0v) is 15.2. The monoisotopic (exact) mass is 343 g/mol. The van der Waals surface area contributed by atoms with Gasteiger partial charge in [-0.15, -0.1) is 10.2 Å². The average Bonchev–Trinajstić information content (AvgIpc) is 3.27. The van der Waals surface area contributed by atoms with Crippen molar-refractivity contribution >= 4 is 0 Å². The van der Waals surface area contributed by atoms with Gasteiger partial charge in [0.15, 0.2) is 0 Å². The third-order valence-electron chi connectivity index (χ3n) is 5.63. The molecule has 2 aliphatic rings. The second kappa shape index (κ2) is 7.66. The molecule has 2 aromatic rings.